The second-order valence-electron chi connectivity index (χ2n) is 4.33. The van der Waals surface area contributed by atoms with Gasteiger partial charge in [0.05, 0.1) is 5.56 Å². The van der Waals surface area contributed by atoms with Crippen molar-refractivity contribution in [1.82, 2.24) is 15.2 Å². The fourth-order valence-corrected chi connectivity index (χ4v) is 2.95. The highest BCUT2D eigenvalue weighted by Gasteiger charge is 2.30. The molecule has 0 bridgehead atoms. The molecule has 2 aromatic heterocycles. The van der Waals surface area contributed by atoms with Crippen LogP contribution >= 0.6 is 22.9 Å². The first-order chi connectivity index (χ1) is 10.4. The molecule has 0 unspecified atom stereocenters. The van der Waals surface area contributed by atoms with Gasteiger partial charge in [-0.15, -0.1) is 10.2 Å². The second-order valence-corrected chi connectivity index (χ2v) is 5.67. The average molecular weight is 342 g/mol. The number of nitrogens with zero attached hydrogens (tertiary/aromatic N) is 3. The lowest BCUT2D eigenvalue weighted by Crippen LogP contribution is -2.04. The van der Waals surface area contributed by atoms with Crippen molar-refractivity contribution in [3.05, 3.63) is 53.3 Å². The summed E-state index contributed by atoms with van der Waals surface area (Å²) in [6, 6.07) is 8.40. The summed E-state index contributed by atoms with van der Waals surface area (Å²) in [4.78, 5) is 3.94. The van der Waals surface area contributed by atoms with E-state index in [9.17, 15) is 13.2 Å². The minimum atomic E-state index is -4.39. The van der Waals surface area contributed by atoms with Gasteiger partial charge in [-0.25, -0.2) is 4.98 Å². The Kier molecular flexibility index (Phi) is 3.84. The molecule has 0 radical (unpaired) electrons. The summed E-state index contributed by atoms with van der Waals surface area (Å²) in [5.74, 6) is 0. The van der Waals surface area contributed by atoms with E-state index in [1.54, 1.807) is 24.4 Å². The first-order valence-electron chi connectivity index (χ1n) is 6.07. The van der Waals surface area contributed by atoms with Crippen LogP contribution in [0, 0.1) is 0 Å². The highest BCUT2D eigenvalue weighted by Crippen LogP contribution is 2.35. The molecule has 0 aliphatic heterocycles. The molecule has 1 aromatic carbocycles. The summed E-state index contributed by atoms with van der Waals surface area (Å²) >= 11 is 7.14. The summed E-state index contributed by atoms with van der Waals surface area (Å²) < 4.78 is 38.2. The van der Waals surface area contributed by atoms with Gasteiger partial charge in [-0.05, 0) is 24.3 Å². The van der Waals surface area contributed by atoms with Crippen molar-refractivity contribution in [2.24, 2.45) is 0 Å². The number of hydrogen-bond acceptors (Lipinski definition) is 4. The molecular weight excluding hydrogens is 335 g/mol. The maximum atomic E-state index is 12.7. The van der Waals surface area contributed by atoms with Gasteiger partial charge in [0, 0.05) is 17.3 Å². The smallest absolute Gasteiger partial charge is 0.244 e. The molecule has 3 rings (SSSR count). The molecule has 0 saturated carbocycles. The molecule has 0 aliphatic rings. The van der Waals surface area contributed by atoms with Crippen LogP contribution in [-0.4, -0.2) is 15.2 Å². The van der Waals surface area contributed by atoms with Crippen molar-refractivity contribution in [3.8, 4) is 21.1 Å². The predicted molar refractivity (Wildman–Crippen MR) is 78.6 cm³/mol. The summed E-state index contributed by atoms with van der Waals surface area (Å²) in [5, 5.41) is 9.09. The maximum absolute atomic E-state index is 12.7. The van der Waals surface area contributed by atoms with Crippen LogP contribution in [0.1, 0.15) is 5.56 Å². The fourth-order valence-electron chi connectivity index (χ4n) is 1.82. The standard InChI is InChI=1S/C14H7ClF3N3S/c15-11-10(5-2-6-19-11)13-21-20-12(22-13)8-3-1-4-9(7-8)14(16,17)18/h1-7H. The molecule has 22 heavy (non-hydrogen) atoms. The van der Waals surface area contributed by atoms with Crippen molar-refractivity contribution in [1.29, 1.82) is 0 Å². The van der Waals surface area contributed by atoms with Gasteiger partial charge in [0.1, 0.15) is 10.2 Å². The Balaban J connectivity index is 2.00. The molecule has 0 N–H and O–H groups in total. The van der Waals surface area contributed by atoms with Gasteiger partial charge in [-0.3, -0.25) is 0 Å². The lowest BCUT2D eigenvalue weighted by Gasteiger charge is -2.06. The Bertz CT molecular complexity index is 817. The quantitative estimate of drug-likeness (QED) is 0.620. The molecule has 0 atom stereocenters. The normalized spacial score (nSPS) is 11.6. The number of halogens is 4. The molecule has 8 heteroatoms. The molecule has 0 aliphatic carbocycles. The van der Waals surface area contributed by atoms with Crippen molar-refractivity contribution in [2.45, 2.75) is 6.18 Å². The Labute approximate surface area is 132 Å². The SMILES string of the molecule is FC(F)(F)c1cccc(-c2nnc(-c3cccnc3Cl)s2)c1. The van der Waals surface area contributed by atoms with Crippen LogP contribution in [-0.2, 0) is 6.18 Å². The van der Waals surface area contributed by atoms with Crippen LogP contribution < -0.4 is 0 Å². The molecule has 3 nitrogen and oxygen atoms in total. The van der Waals surface area contributed by atoms with Gasteiger partial charge in [0.15, 0.2) is 5.01 Å². The molecule has 112 valence electrons. The Hall–Kier alpha value is -1.99. The van der Waals surface area contributed by atoms with Crippen LogP contribution in [0.15, 0.2) is 42.6 Å². The Morgan fingerprint density at radius 3 is 2.50 bits per heavy atom. The summed E-state index contributed by atoms with van der Waals surface area (Å²) in [6.07, 6.45) is -2.85. The molecule has 3 aromatic rings. The van der Waals surface area contributed by atoms with Gasteiger partial charge < -0.3 is 0 Å². The first-order valence-corrected chi connectivity index (χ1v) is 7.26. The zero-order valence-electron chi connectivity index (χ0n) is 10.8. The number of alkyl halides is 3. The van der Waals surface area contributed by atoms with E-state index < -0.39 is 11.7 Å². The van der Waals surface area contributed by atoms with Gasteiger partial charge in [-0.1, -0.05) is 35.1 Å². The summed E-state index contributed by atoms with van der Waals surface area (Å²) in [7, 11) is 0. The highest BCUT2D eigenvalue weighted by atomic mass is 35.5. The maximum Gasteiger partial charge on any atom is 0.416 e. The molecule has 0 saturated heterocycles. The Morgan fingerprint density at radius 2 is 1.77 bits per heavy atom. The van der Waals surface area contributed by atoms with Crippen molar-refractivity contribution in [3.63, 3.8) is 0 Å². The van der Waals surface area contributed by atoms with Crippen LogP contribution in [0.2, 0.25) is 5.15 Å². The minimum Gasteiger partial charge on any atom is -0.244 e. The number of pyridine rings is 1. The Morgan fingerprint density at radius 1 is 1.00 bits per heavy atom. The molecule has 0 spiro atoms. The third-order valence-electron chi connectivity index (χ3n) is 2.85. The zero-order chi connectivity index (χ0) is 15.7. The van der Waals surface area contributed by atoms with E-state index in [0.717, 1.165) is 23.5 Å². The number of benzene rings is 1. The average Bonchev–Trinajstić information content (AvgIpc) is 2.97. The van der Waals surface area contributed by atoms with Crippen molar-refractivity contribution >= 4 is 22.9 Å². The number of hydrogen-bond donors (Lipinski definition) is 0. The van der Waals surface area contributed by atoms with E-state index in [4.69, 9.17) is 11.6 Å². The molecular formula is C14H7ClF3N3S. The van der Waals surface area contributed by atoms with E-state index in [1.807, 2.05) is 0 Å². The van der Waals surface area contributed by atoms with Gasteiger partial charge >= 0.3 is 6.18 Å². The number of aromatic nitrogens is 3. The van der Waals surface area contributed by atoms with Crippen LogP contribution in [0.4, 0.5) is 13.2 Å². The van der Waals surface area contributed by atoms with Gasteiger partial charge in [0.25, 0.3) is 0 Å². The number of rotatable bonds is 2. The monoisotopic (exact) mass is 341 g/mol. The lowest BCUT2D eigenvalue weighted by molar-refractivity contribution is -0.137. The third kappa shape index (κ3) is 2.95. The van der Waals surface area contributed by atoms with Gasteiger partial charge in [0.2, 0.25) is 0 Å². The van der Waals surface area contributed by atoms with Crippen LogP contribution in [0.25, 0.3) is 21.1 Å². The molecule has 2 heterocycles. The van der Waals surface area contributed by atoms with E-state index in [-0.39, 0.29) is 5.15 Å². The van der Waals surface area contributed by atoms with E-state index >= 15 is 0 Å². The van der Waals surface area contributed by atoms with Crippen molar-refractivity contribution < 1.29 is 13.2 Å². The minimum absolute atomic E-state index is 0.272. The van der Waals surface area contributed by atoms with Crippen LogP contribution in [0.3, 0.4) is 0 Å². The lowest BCUT2D eigenvalue weighted by atomic mass is 10.1. The predicted octanol–water partition coefficient (Wildman–Crippen LogP) is 4.94. The van der Waals surface area contributed by atoms with Gasteiger partial charge in [-0.2, -0.15) is 13.2 Å². The fraction of sp³-hybridized carbons (Fsp3) is 0.0714. The summed E-state index contributed by atoms with van der Waals surface area (Å²) in [6.45, 7) is 0. The van der Waals surface area contributed by atoms with E-state index in [1.165, 1.54) is 6.07 Å². The molecule has 0 fully saturated rings. The van der Waals surface area contributed by atoms with E-state index in [2.05, 4.69) is 15.2 Å². The van der Waals surface area contributed by atoms with E-state index in [0.29, 0.717) is 21.1 Å². The second kappa shape index (κ2) is 5.66. The zero-order valence-corrected chi connectivity index (χ0v) is 12.4. The summed E-state index contributed by atoms with van der Waals surface area (Å²) in [5.41, 5.74) is 0.236. The highest BCUT2D eigenvalue weighted by molar-refractivity contribution is 7.18. The molecule has 0 amide bonds. The third-order valence-corrected chi connectivity index (χ3v) is 4.16. The van der Waals surface area contributed by atoms with Crippen molar-refractivity contribution in [2.75, 3.05) is 0 Å². The first kappa shape index (κ1) is 14.9. The topological polar surface area (TPSA) is 38.7 Å². The van der Waals surface area contributed by atoms with Crippen LogP contribution in [0.5, 0.6) is 0 Å². The largest absolute Gasteiger partial charge is 0.416 e.